The van der Waals surface area contributed by atoms with Crippen molar-refractivity contribution in [1.82, 2.24) is 0 Å². The summed E-state index contributed by atoms with van der Waals surface area (Å²) in [7, 11) is 1.86. The van der Waals surface area contributed by atoms with Crippen LogP contribution in [0.15, 0.2) is 0 Å². The summed E-state index contributed by atoms with van der Waals surface area (Å²) >= 11 is 0. The zero-order chi connectivity index (χ0) is 9.80. The minimum atomic E-state index is 0.558. The van der Waals surface area contributed by atoms with E-state index < -0.39 is 0 Å². The number of methoxy groups -OCH3 is 1. The molecule has 0 aromatic heterocycles. The first-order valence-corrected chi connectivity index (χ1v) is 6.27. The number of hydrogen-bond donors (Lipinski definition) is 0. The van der Waals surface area contributed by atoms with Crippen molar-refractivity contribution >= 4 is 0 Å². The molecule has 1 nitrogen and oxygen atoms in total. The quantitative estimate of drug-likeness (QED) is 0.652. The monoisotopic (exact) mass is 195 g/mol. The van der Waals surface area contributed by atoms with Gasteiger partial charge in [0.1, 0.15) is 0 Å². The first-order valence-electron chi connectivity index (χ1n) is 6.27. The molecule has 0 aromatic rings. The Kier molecular flexibility index (Phi) is 3.86. The molecule has 2 aliphatic carbocycles. The summed E-state index contributed by atoms with van der Waals surface area (Å²) in [5.41, 5.74) is 0. The first kappa shape index (κ1) is 10.5. The summed E-state index contributed by atoms with van der Waals surface area (Å²) in [6.45, 7) is 0. The van der Waals surface area contributed by atoms with E-state index in [-0.39, 0.29) is 0 Å². The Balaban J connectivity index is 1.76. The van der Waals surface area contributed by atoms with Crippen LogP contribution in [-0.4, -0.2) is 13.2 Å². The summed E-state index contributed by atoms with van der Waals surface area (Å²) in [6.07, 6.45) is 13.2. The summed E-state index contributed by atoms with van der Waals surface area (Å²) in [5, 5.41) is 0. The number of rotatable bonds is 2. The molecule has 0 N–H and O–H groups in total. The highest BCUT2D eigenvalue weighted by molar-refractivity contribution is 5.01. The topological polar surface area (TPSA) is 9.23 Å². The van der Waals surface area contributed by atoms with Crippen LogP contribution in [-0.2, 0) is 4.74 Å². The highest BCUT2D eigenvalue weighted by Gasteiger charge is 2.28. The van der Waals surface area contributed by atoms with Gasteiger partial charge < -0.3 is 4.74 Å². The summed E-state index contributed by atoms with van der Waals surface area (Å²) < 4.78 is 5.41. The van der Waals surface area contributed by atoms with Crippen molar-refractivity contribution in [1.29, 1.82) is 0 Å². The van der Waals surface area contributed by atoms with Gasteiger partial charge in [-0.25, -0.2) is 0 Å². The molecule has 1 heteroatoms. The third-order valence-electron chi connectivity index (χ3n) is 4.09. The average molecular weight is 195 g/mol. The third-order valence-corrected chi connectivity index (χ3v) is 4.09. The van der Waals surface area contributed by atoms with Crippen LogP contribution in [0.4, 0.5) is 0 Å². The molecule has 0 saturated heterocycles. The van der Waals surface area contributed by atoms with Crippen LogP contribution < -0.4 is 0 Å². The molecule has 0 bridgehead atoms. The zero-order valence-corrected chi connectivity index (χ0v) is 9.43. The van der Waals surface area contributed by atoms with Gasteiger partial charge >= 0.3 is 0 Å². The lowest BCUT2D eigenvalue weighted by molar-refractivity contribution is 0.0700. The highest BCUT2D eigenvalue weighted by atomic mass is 16.5. The molecule has 2 rings (SSSR count). The van der Waals surface area contributed by atoms with Crippen LogP contribution in [0.3, 0.4) is 0 Å². The molecule has 0 heterocycles. The van der Waals surface area contributed by atoms with Gasteiger partial charge in [0, 0.05) is 7.11 Å². The molecule has 2 fully saturated rings. The second-order valence-electron chi connectivity index (χ2n) is 4.93. The lowest BCUT2D eigenvalue weighted by atomic mass is 9.73. The van der Waals surface area contributed by atoms with Crippen LogP contribution in [0.2, 0.25) is 0 Å². The Labute approximate surface area is 88.2 Å². The van der Waals surface area contributed by atoms with Crippen LogP contribution in [0.5, 0.6) is 0 Å². The summed E-state index contributed by atoms with van der Waals surface area (Å²) in [4.78, 5) is 0. The fourth-order valence-corrected chi connectivity index (χ4v) is 3.12. The van der Waals surface area contributed by atoms with Crippen molar-refractivity contribution in [2.24, 2.45) is 5.92 Å². The van der Waals surface area contributed by atoms with E-state index in [9.17, 15) is 0 Å². The molecule has 0 spiro atoms. The minimum Gasteiger partial charge on any atom is -0.381 e. The predicted octanol–water partition coefficient (Wildman–Crippen LogP) is 3.73. The van der Waals surface area contributed by atoms with Gasteiger partial charge in [-0.15, -0.1) is 0 Å². The van der Waals surface area contributed by atoms with E-state index in [1.54, 1.807) is 0 Å². The smallest absolute Gasteiger partial charge is 0.0571 e. The van der Waals surface area contributed by atoms with Crippen LogP contribution in [0.1, 0.15) is 57.8 Å². The molecule has 0 aliphatic heterocycles. The van der Waals surface area contributed by atoms with Crippen molar-refractivity contribution in [3.63, 3.8) is 0 Å². The molecule has 0 amide bonds. The molecule has 81 valence electrons. The van der Waals surface area contributed by atoms with E-state index >= 15 is 0 Å². The standard InChI is InChI=1S/C13H23O/c1-14-13-9-7-12(8-10-13)11-5-3-2-4-6-11/h11,13H,2-10H2,1H3. The van der Waals surface area contributed by atoms with Gasteiger partial charge in [-0.1, -0.05) is 19.3 Å². The van der Waals surface area contributed by atoms with Gasteiger partial charge in [0.25, 0.3) is 0 Å². The molecular weight excluding hydrogens is 172 g/mol. The Morgan fingerprint density at radius 2 is 1.57 bits per heavy atom. The fourth-order valence-electron chi connectivity index (χ4n) is 3.12. The number of ether oxygens (including phenoxy) is 1. The zero-order valence-electron chi connectivity index (χ0n) is 9.43. The SMILES string of the molecule is COC1CC[C](C2CCCCC2)CC1. The lowest BCUT2D eigenvalue weighted by Crippen LogP contribution is -2.25. The van der Waals surface area contributed by atoms with E-state index in [4.69, 9.17) is 4.74 Å². The second-order valence-corrected chi connectivity index (χ2v) is 4.93. The lowest BCUT2D eigenvalue weighted by Gasteiger charge is -2.34. The van der Waals surface area contributed by atoms with Crippen molar-refractivity contribution in [3.8, 4) is 0 Å². The molecule has 0 atom stereocenters. The maximum Gasteiger partial charge on any atom is 0.0571 e. The maximum absolute atomic E-state index is 5.41. The van der Waals surface area contributed by atoms with Crippen LogP contribution >= 0.6 is 0 Å². The Hall–Kier alpha value is -0.0400. The molecule has 2 saturated carbocycles. The van der Waals surface area contributed by atoms with Crippen molar-refractivity contribution in [2.45, 2.75) is 63.9 Å². The summed E-state index contributed by atoms with van der Waals surface area (Å²) in [6, 6.07) is 0. The van der Waals surface area contributed by atoms with Crippen molar-refractivity contribution in [2.75, 3.05) is 7.11 Å². The van der Waals surface area contributed by atoms with Gasteiger partial charge in [0.2, 0.25) is 0 Å². The van der Waals surface area contributed by atoms with Crippen molar-refractivity contribution in [3.05, 3.63) is 5.92 Å². The molecule has 1 radical (unpaired) electrons. The number of hydrogen-bond acceptors (Lipinski definition) is 1. The Bertz CT molecular complexity index is 153. The van der Waals surface area contributed by atoms with E-state index in [0.717, 1.165) is 5.92 Å². The molecule has 0 unspecified atom stereocenters. The van der Waals surface area contributed by atoms with E-state index in [2.05, 4.69) is 0 Å². The van der Waals surface area contributed by atoms with E-state index in [0.29, 0.717) is 6.10 Å². The summed E-state index contributed by atoms with van der Waals surface area (Å²) in [5.74, 6) is 2.86. The van der Waals surface area contributed by atoms with Gasteiger partial charge in [-0.3, -0.25) is 0 Å². The molecule has 2 aliphatic rings. The largest absolute Gasteiger partial charge is 0.381 e. The highest BCUT2D eigenvalue weighted by Crippen LogP contribution is 2.40. The first-order chi connectivity index (χ1) is 6.90. The van der Waals surface area contributed by atoms with Crippen LogP contribution in [0.25, 0.3) is 0 Å². The molecular formula is C13H23O. The predicted molar refractivity (Wildman–Crippen MR) is 59.1 cm³/mol. The van der Waals surface area contributed by atoms with E-state index in [1.165, 1.54) is 57.8 Å². The van der Waals surface area contributed by atoms with E-state index in [1.807, 2.05) is 13.0 Å². The van der Waals surface area contributed by atoms with Gasteiger partial charge in [-0.05, 0) is 50.4 Å². The Morgan fingerprint density at radius 3 is 2.14 bits per heavy atom. The molecule has 14 heavy (non-hydrogen) atoms. The maximum atomic E-state index is 5.41. The fraction of sp³-hybridized carbons (Fsp3) is 0.923. The normalized spacial score (nSPS) is 28.1. The molecule has 0 aromatic carbocycles. The Morgan fingerprint density at radius 1 is 0.929 bits per heavy atom. The van der Waals surface area contributed by atoms with Gasteiger partial charge in [0.05, 0.1) is 6.10 Å². The van der Waals surface area contributed by atoms with Gasteiger partial charge in [-0.2, -0.15) is 0 Å². The third kappa shape index (κ3) is 2.50. The van der Waals surface area contributed by atoms with Crippen molar-refractivity contribution < 1.29 is 4.74 Å². The second kappa shape index (κ2) is 5.16. The van der Waals surface area contributed by atoms with Crippen LogP contribution in [0, 0.1) is 11.8 Å². The average Bonchev–Trinajstić information content (AvgIpc) is 2.30. The minimum absolute atomic E-state index is 0.558. The van der Waals surface area contributed by atoms with Gasteiger partial charge in [0.15, 0.2) is 0 Å².